The average Bonchev–Trinajstić information content (AvgIpc) is 3.05. The van der Waals surface area contributed by atoms with Crippen molar-refractivity contribution in [3.8, 4) is 0 Å². The summed E-state index contributed by atoms with van der Waals surface area (Å²) in [6, 6.07) is 0. The van der Waals surface area contributed by atoms with Crippen molar-refractivity contribution in [1.82, 2.24) is 19.7 Å². The van der Waals surface area contributed by atoms with Gasteiger partial charge in [-0.25, -0.2) is 0 Å². The molecular weight excluding hydrogens is 280 g/mol. The van der Waals surface area contributed by atoms with Crippen molar-refractivity contribution in [2.75, 3.05) is 19.7 Å². The van der Waals surface area contributed by atoms with Gasteiger partial charge in [-0.2, -0.15) is 0 Å². The van der Waals surface area contributed by atoms with Gasteiger partial charge < -0.3 is 14.0 Å². The molecule has 0 amide bonds. The highest BCUT2D eigenvalue weighted by atomic mass is 16.5. The van der Waals surface area contributed by atoms with Crippen LogP contribution in [0.4, 0.5) is 0 Å². The van der Waals surface area contributed by atoms with Gasteiger partial charge in [0.15, 0.2) is 5.82 Å². The van der Waals surface area contributed by atoms with E-state index in [0.29, 0.717) is 6.61 Å². The van der Waals surface area contributed by atoms with Crippen LogP contribution >= 0.6 is 0 Å². The van der Waals surface area contributed by atoms with Crippen LogP contribution in [0.2, 0.25) is 0 Å². The summed E-state index contributed by atoms with van der Waals surface area (Å²) in [7, 11) is 0. The molecule has 1 saturated heterocycles. The standard InChI is InChI=1S/C16H26N4O2/c1-15(2)11-19(12-16(22-15)5-3-4-6-16)9-13-17-18-14-10-21-8-7-20(13)14/h3-12H2,1-2H3. The van der Waals surface area contributed by atoms with E-state index in [-0.39, 0.29) is 11.2 Å². The third-order valence-corrected chi connectivity index (χ3v) is 5.08. The lowest BCUT2D eigenvalue weighted by Gasteiger charge is -2.48. The third-order valence-electron chi connectivity index (χ3n) is 5.08. The number of hydrogen-bond acceptors (Lipinski definition) is 5. The van der Waals surface area contributed by atoms with Crippen LogP contribution in [0.5, 0.6) is 0 Å². The normalized spacial score (nSPS) is 27.2. The number of rotatable bonds is 2. The van der Waals surface area contributed by atoms with E-state index in [1.807, 2.05) is 0 Å². The second kappa shape index (κ2) is 5.28. The molecule has 0 bridgehead atoms. The Kier molecular flexibility index (Phi) is 3.51. The maximum Gasteiger partial charge on any atom is 0.159 e. The van der Waals surface area contributed by atoms with E-state index in [1.54, 1.807) is 0 Å². The van der Waals surface area contributed by atoms with E-state index < -0.39 is 0 Å². The summed E-state index contributed by atoms with van der Waals surface area (Å²) >= 11 is 0. The Morgan fingerprint density at radius 2 is 1.95 bits per heavy atom. The minimum absolute atomic E-state index is 0.0651. The number of ether oxygens (including phenoxy) is 2. The third kappa shape index (κ3) is 2.68. The fourth-order valence-corrected chi connectivity index (χ4v) is 4.42. The van der Waals surface area contributed by atoms with Gasteiger partial charge in [-0.15, -0.1) is 10.2 Å². The second-order valence-electron chi connectivity index (χ2n) is 7.63. The van der Waals surface area contributed by atoms with Gasteiger partial charge >= 0.3 is 0 Å². The van der Waals surface area contributed by atoms with E-state index in [2.05, 4.69) is 33.5 Å². The smallest absolute Gasteiger partial charge is 0.159 e. The van der Waals surface area contributed by atoms with Crippen LogP contribution in [-0.4, -0.2) is 50.6 Å². The Morgan fingerprint density at radius 3 is 2.77 bits per heavy atom. The second-order valence-corrected chi connectivity index (χ2v) is 7.63. The molecule has 2 fully saturated rings. The van der Waals surface area contributed by atoms with E-state index in [1.165, 1.54) is 25.7 Å². The van der Waals surface area contributed by atoms with Crippen molar-refractivity contribution in [3.05, 3.63) is 11.6 Å². The zero-order valence-electron chi connectivity index (χ0n) is 13.7. The monoisotopic (exact) mass is 306 g/mol. The van der Waals surface area contributed by atoms with E-state index in [9.17, 15) is 0 Å². The van der Waals surface area contributed by atoms with Crippen molar-refractivity contribution in [2.45, 2.75) is 70.4 Å². The molecule has 0 aromatic carbocycles. The lowest BCUT2D eigenvalue weighted by atomic mass is 9.94. The number of aromatic nitrogens is 3. The van der Waals surface area contributed by atoms with Crippen molar-refractivity contribution < 1.29 is 9.47 Å². The summed E-state index contributed by atoms with van der Waals surface area (Å²) < 4.78 is 14.2. The number of fused-ring (bicyclic) bond motifs is 1. The molecule has 0 unspecified atom stereocenters. The van der Waals surface area contributed by atoms with Crippen LogP contribution in [0.15, 0.2) is 0 Å². The molecule has 122 valence electrons. The molecule has 0 N–H and O–H groups in total. The first-order valence-corrected chi connectivity index (χ1v) is 8.47. The topological polar surface area (TPSA) is 52.4 Å². The SMILES string of the molecule is CC1(C)CN(Cc2nnc3n2CCOC3)CC2(CCCC2)O1. The highest BCUT2D eigenvalue weighted by Crippen LogP contribution is 2.40. The summed E-state index contributed by atoms with van der Waals surface area (Å²) in [5, 5.41) is 8.68. The predicted octanol–water partition coefficient (Wildman–Crippen LogP) is 1.73. The first-order valence-electron chi connectivity index (χ1n) is 8.47. The van der Waals surface area contributed by atoms with Crippen LogP contribution in [0.3, 0.4) is 0 Å². The summed E-state index contributed by atoms with van der Waals surface area (Å²) in [5.74, 6) is 2.04. The van der Waals surface area contributed by atoms with Crippen LogP contribution in [0, 0.1) is 0 Å². The molecule has 0 atom stereocenters. The lowest BCUT2D eigenvalue weighted by molar-refractivity contribution is -0.195. The molecule has 1 aromatic rings. The van der Waals surface area contributed by atoms with Gasteiger partial charge in [0.25, 0.3) is 0 Å². The summed E-state index contributed by atoms with van der Waals surface area (Å²) in [4.78, 5) is 2.52. The molecule has 1 aliphatic carbocycles. The van der Waals surface area contributed by atoms with Crippen LogP contribution in [0.25, 0.3) is 0 Å². The Labute approximate surface area is 131 Å². The van der Waals surface area contributed by atoms with E-state index in [4.69, 9.17) is 9.47 Å². The Bertz CT molecular complexity index is 548. The maximum atomic E-state index is 6.48. The fraction of sp³-hybridized carbons (Fsp3) is 0.875. The molecule has 3 heterocycles. The van der Waals surface area contributed by atoms with Gasteiger partial charge in [-0.3, -0.25) is 4.90 Å². The van der Waals surface area contributed by atoms with Crippen LogP contribution < -0.4 is 0 Å². The minimum atomic E-state index is -0.0869. The molecule has 4 rings (SSSR count). The number of morpholine rings is 1. The molecule has 1 saturated carbocycles. The molecule has 2 aliphatic heterocycles. The van der Waals surface area contributed by atoms with Gasteiger partial charge in [0.2, 0.25) is 0 Å². The highest BCUT2D eigenvalue weighted by molar-refractivity contribution is 5.01. The molecular formula is C16H26N4O2. The largest absolute Gasteiger partial charge is 0.372 e. The number of nitrogens with zero attached hydrogens (tertiary/aromatic N) is 4. The van der Waals surface area contributed by atoms with Crippen molar-refractivity contribution >= 4 is 0 Å². The summed E-state index contributed by atoms with van der Waals surface area (Å²) in [6.07, 6.45) is 4.97. The van der Waals surface area contributed by atoms with E-state index in [0.717, 1.165) is 44.4 Å². The first-order chi connectivity index (χ1) is 10.6. The van der Waals surface area contributed by atoms with E-state index >= 15 is 0 Å². The van der Waals surface area contributed by atoms with Gasteiger partial charge in [-0.1, -0.05) is 12.8 Å². The van der Waals surface area contributed by atoms with Crippen molar-refractivity contribution in [1.29, 1.82) is 0 Å². The Morgan fingerprint density at radius 1 is 1.14 bits per heavy atom. The van der Waals surface area contributed by atoms with Gasteiger partial charge in [0.1, 0.15) is 12.4 Å². The molecule has 22 heavy (non-hydrogen) atoms. The average molecular weight is 306 g/mol. The molecule has 6 nitrogen and oxygen atoms in total. The molecule has 6 heteroatoms. The van der Waals surface area contributed by atoms with Crippen LogP contribution in [0.1, 0.15) is 51.2 Å². The molecule has 1 aromatic heterocycles. The molecule has 0 radical (unpaired) electrons. The van der Waals surface area contributed by atoms with Crippen molar-refractivity contribution in [3.63, 3.8) is 0 Å². The van der Waals surface area contributed by atoms with Gasteiger partial charge in [-0.05, 0) is 26.7 Å². The summed E-state index contributed by atoms with van der Waals surface area (Å²) in [6.45, 7) is 9.49. The number of hydrogen-bond donors (Lipinski definition) is 0. The predicted molar refractivity (Wildman–Crippen MR) is 81.3 cm³/mol. The summed E-state index contributed by atoms with van der Waals surface area (Å²) in [5.41, 5.74) is -0.0218. The first kappa shape index (κ1) is 14.6. The fourth-order valence-electron chi connectivity index (χ4n) is 4.42. The van der Waals surface area contributed by atoms with Gasteiger partial charge in [0.05, 0.1) is 24.4 Å². The zero-order valence-corrected chi connectivity index (χ0v) is 13.7. The van der Waals surface area contributed by atoms with Gasteiger partial charge in [0, 0.05) is 19.6 Å². The Balaban J connectivity index is 1.53. The quantitative estimate of drug-likeness (QED) is 0.833. The van der Waals surface area contributed by atoms with Crippen LogP contribution in [-0.2, 0) is 29.2 Å². The molecule has 1 spiro atoms. The maximum absolute atomic E-state index is 6.48. The minimum Gasteiger partial charge on any atom is -0.372 e. The van der Waals surface area contributed by atoms with Crippen molar-refractivity contribution in [2.24, 2.45) is 0 Å². The Hall–Kier alpha value is -0.980. The zero-order chi connectivity index (χ0) is 15.2. The highest BCUT2D eigenvalue weighted by Gasteiger charge is 2.45. The lowest BCUT2D eigenvalue weighted by Crippen LogP contribution is -2.58. The molecule has 3 aliphatic rings.